The Labute approximate surface area is 150 Å². The van der Waals surface area contributed by atoms with Crippen LogP contribution in [-0.2, 0) is 4.79 Å². The summed E-state index contributed by atoms with van der Waals surface area (Å²) in [6.45, 7) is 11.9. The molecule has 1 aromatic carbocycles. The summed E-state index contributed by atoms with van der Waals surface area (Å²) in [5.41, 5.74) is 0.927. The van der Waals surface area contributed by atoms with E-state index in [1.165, 1.54) is 6.07 Å². The average molecular weight is 348 g/mol. The van der Waals surface area contributed by atoms with Crippen molar-refractivity contribution in [2.45, 2.75) is 19.9 Å². The summed E-state index contributed by atoms with van der Waals surface area (Å²) in [4.78, 5) is 21.4. The number of carbonyl (C=O) groups excluding carboxylic acids is 1. The van der Waals surface area contributed by atoms with Gasteiger partial charge in [0, 0.05) is 64.1 Å². The van der Waals surface area contributed by atoms with Crippen molar-refractivity contribution in [1.82, 2.24) is 14.7 Å². The zero-order chi connectivity index (χ0) is 17.8. The molecule has 0 aliphatic carbocycles. The molecule has 1 amide bonds. The minimum atomic E-state index is -0.198. The lowest BCUT2D eigenvalue weighted by molar-refractivity contribution is -0.134. The zero-order valence-electron chi connectivity index (χ0n) is 15.3. The molecule has 1 aromatic rings. The molecule has 0 aromatic heterocycles. The highest BCUT2D eigenvalue weighted by atomic mass is 19.1. The molecule has 0 radical (unpaired) electrons. The fourth-order valence-electron chi connectivity index (χ4n) is 3.62. The van der Waals surface area contributed by atoms with Gasteiger partial charge in [-0.25, -0.2) is 4.39 Å². The van der Waals surface area contributed by atoms with Crippen LogP contribution in [-0.4, -0.2) is 85.6 Å². The van der Waals surface area contributed by atoms with Crippen molar-refractivity contribution in [2.75, 3.05) is 63.8 Å². The number of carbonyl (C=O) groups is 1. The van der Waals surface area contributed by atoms with Gasteiger partial charge in [0.2, 0.25) is 5.91 Å². The van der Waals surface area contributed by atoms with Crippen LogP contribution < -0.4 is 4.90 Å². The van der Waals surface area contributed by atoms with Crippen molar-refractivity contribution in [3.05, 3.63) is 30.1 Å². The van der Waals surface area contributed by atoms with Crippen LogP contribution in [0.25, 0.3) is 0 Å². The maximum Gasteiger partial charge on any atom is 0.236 e. The van der Waals surface area contributed by atoms with E-state index in [1.54, 1.807) is 12.1 Å². The summed E-state index contributed by atoms with van der Waals surface area (Å²) in [6, 6.07) is 7.29. The van der Waals surface area contributed by atoms with Gasteiger partial charge in [-0.2, -0.15) is 0 Å². The molecule has 5 nitrogen and oxygen atoms in total. The van der Waals surface area contributed by atoms with Gasteiger partial charge < -0.3 is 9.80 Å². The minimum Gasteiger partial charge on any atom is -0.369 e. The largest absolute Gasteiger partial charge is 0.369 e. The van der Waals surface area contributed by atoms with Crippen LogP contribution in [0, 0.1) is 5.82 Å². The molecule has 0 unspecified atom stereocenters. The Balaban J connectivity index is 1.44. The standard InChI is InChI=1S/C19H29FN4O/c1-16(2)22-10-12-24(13-11-22)19(25)15-21-6-8-23(9-7-21)18-5-3-4-17(20)14-18/h3-5,14,16H,6-13,15H2,1-2H3. The van der Waals surface area contributed by atoms with Crippen LogP contribution in [0.2, 0.25) is 0 Å². The van der Waals surface area contributed by atoms with Crippen molar-refractivity contribution < 1.29 is 9.18 Å². The average Bonchev–Trinajstić information content (AvgIpc) is 2.62. The van der Waals surface area contributed by atoms with Crippen LogP contribution in [0.4, 0.5) is 10.1 Å². The van der Waals surface area contributed by atoms with Gasteiger partial charge >= 0.3 is 0 Å². The Morgan fingerprint density at radius 2 is 1.72 bits per heavy atom. The number of piperazine rings is 2. The number of nitrogens with zero attached hydrogens (tertiary/aromatic N) is 4. The van der Waals surface area contributed by atoms with Gasteiger partial charge in [-0.3, -0.25) is 14.6 Å². The number of anilines is 1. The summed E-state index contributed by atoms with van der Waals surface area (Å²) in [6.07, 6.45) is 0. The number of amides is 1. The predicted molar refractivity (Wildman–Crippen MR) is 98.3 cm³/mol. The van der Waals surface area contributed by atoms with E-state index in [4.69, 9.17) is 0 Å². The second-order valence-corrected chi connectivity index (χ2v) is 7.25. The Kier molecular flexibility index (Phi) is 5.91. The Morgan fingerprint density at radius 1 is 1.04 bits per heavy atom. The number of halogens is 1. The van der Waals surface area contributed by atoms with E-state index in [2.05, 4.69) is 28.5 Å². The van der Waals surface area contributed by atoms with Crippen molar-refractivity contribution >= 4 is 11.6 Å². The van der Waals surface area contributed by atoms with Crippen LogP contribution in [0.5, 0.6) is 0 Å². The molecule has 0 spiro atoms. The van der Waals surface area contributed by atoms with Crippen LogP contribution in [0.15, 0.2) is 24.3 Å². The predicted octanol–water partition coefficient (Wildman–Crippen LogP) is 1.50. The molecule has 2 aliphatic rings. The maximum absolute atomic E-state index is 13.4. The van der Waals surface area contributed by atoms with Crippen LogP contribution >= 0.6 is 0 Å². The van der Waals surface area contributed by atoms with E-state index >= 15 is 0 Å². The molecule has 2 heterocycles. The van der Waals surface area contributed by atoms with Crippen molar-refractivity contribution in [2.24, 2.45) is 0 Å². The van der Waals surface area contributed by atoms with Crippen molar-refractivity contribution in [1.29, 1.82) is 0 Å². The molecule has 0 saturated carbocycles. The quantitative estimate of drug-likeness (QED) is 0.825. The second-order valence-electron chi connectivity index (χ2n) is 7.25. The first-order chi connectivity index (χ1) is 12.0. The van der Waals surface area contributed by atoms with E-state index < -0.39 is 0 Å². The highest BCUT2D eigenvalue weighted by Gasteiger charge is 2.25. The molecule has 0 N–H and O–H groups in total. The van der Waals surface area contributed by atoms with Crippen LogP contribution in [0.1, 0.15) is 13.8 Å². The number of hydrogen-bond donors (Lipinski definition) is 0. The van der Waals surface area contributed by atoms with E-state index in [1.807, 2.05) is 11.0 Å². The smallest absolute Gasteiger partial charge is 0.236 e. The Bertz CT molecular complexity index is 579. The molecule has 0 atom stereocenters. The molecule has 138 valence electrons. The third kappa shape index (κ3) is 4.70. The molecule has 3 rings (SSSR count). The van der Waals surface area contributed by atoms with Crippen molar-refractivity contribution in [3.63, 3.8) is 0 Å². The highest BCUT2D eigenvalue weighted by molar-refractivity contribution is 5.78. The molecular formula is C19H29FN4O. The van der Waals surface area contributed by atoms with E-state index in [0.29, 0.717) is 12.6 Å². The van der Waals surface area contributed by atoms with Crippen LogP contribution in [0.3, 0.4) is 0 Å². The third-order valence-corrected chi connectivity index (χ3v) is 5.30. The van der Waals surface area contributed by atoms with Gasteiger partial charge in [-0.1, -0.05) is 6.07 Å². The first-order valence-electron chi connectivity index (χ1n) is 9.27. The topological polar surface area (TPSA) is 30.0 Å². The molecule has 25 heavy (non-hydrogen) atoms. The SMILES string of the molecule is CC(C)N1CCN(C(=O)CN2CCN(c3cccc(F)c3)CC2)CC1. The molecule has 2 aliphatic heterocycles. The molecule has 0 bridgehead atoms. The third-order valence-electron chi connectivity index (χ3n) is 5.30. The lowest BCUT2D eigenvalue weighted by Crippen LogP contribution is -2.54. The van der Waals surface area contributed by atoms with Gasteiger partial charge in [0.05, 0.1) is 6.54 Å². The van der Waals surface area contributed by atoms with Crippen molar-refractivity contribution in [3.8, 4) is 0 Å². The van der Waals surface area contributed by atoms with Gasteiger partial charge in [0.15, 0.2) is 0 Å². The molecule has 6 heteroatoms. The minimum absolute atomic E-state index is 0.198. The second kappa shape index (κ2) is 8.15. The lowest BCUT2D eigenvalue weighted by Gasteiger charge is -2.39. The first kappa shape index (κ1) is 18.1. The first-order valence-corrected chi connectivity index (χ1v) is 9.27. The molecular weight excluding hydrogens is 319 g/mol. The summed E-state index contributed by atoms with van der Waals surface area (Å²) >= 11 is 0. The normalized spacial score (nSPS) is 20.3. The summed E-state index contributed by atoms with van der Waals surface area (Å²) in [7, 11) is 0. The van der Waals surface area contributed by atoms with Gasteiger partial charge in [0.1, 0.15) is 5.82 Å². The Hall–Kier alpha value is -1.66. The molecule has 2 fully saturated rings. The van der Waals surface area contributed by atoms with E-state index in [-0.39, 0.29) is 11.7 Å². The van der Waals surface area contributed by atoms with Gasteiger partial charge in [-0.05, 0) is 32.0 Å². The summed E-state index contributed by atoms with van der Waals surface area (Å²) < 4.78 is 13.4. The fourth-order valence-corrected chi connectivity index (χ4v) is 3.62. The van der Waals surface area contributed by atoms with E-state index in [0.717, 1.165) is 58.0 Å². The summed E-state index contributed by atoms with van der Waals surface area (Å²) in [5.74, 6) is 0.0401. The molecule has 2 saturated heterocycles. The lowest BCUT2D eigenvalue weighted by atomic mass is 10.2. The van der Waals surface area contributed by atoms with E-state index in [9.17, 15) is 9.18 Å². The monoisotopic (exact) mass is 348 g/mol. The number of benzene rings is 1. The Morgan fingerprint density at radius 3 is 2.32 bits per heavy atom. The fraction of sp³-hybridized carbons (Fsp3) is 0.632. The van der Waals surface area contributed by atoms with Gasteiger partial charge in [-0.15, -0.1) is 0 Å². The highest BCUT2D eigenvalue weighted by Crippen LogP contribution is 2.17. The summed E-state index contributed by atoms with van der Waals surface area (Å²) in [5, 5.41) is 0. The zero-order valence-corrected chi connectivity index (χ0v) is 15.3. The number of rotatable bonds is 4. The maximum atomic E-state index is 13.4. The number of hydrogen-bond acceptors (Lipinski definition) is 4. The van der Waals surface area contributed by atoms with Gasteiger partial charge in [0.25, 0.3) is 0 Å².